The Kier molecular flexibility index (Phi) is 5.68. The number of nitrogens with one attached hydrogen (secondary N) is 1. The molecule has 0 unspecified atom stereocenters. The summed E-state index contributed by atoms with van der Waals surface area (Å²) in [6.07, 6.45) is 1.74. The van der Waals surface area contributed by atoms with Gasteiger partial charge in [0.2, 0.25) is 10.0 Å². The molecule has 1 aromatic heterocycles. The van der Waals surface area contributed by atoms with E-state index in [4.69, 9.17) is 17.3 Å². The molecule has 2 aromatic rings. The van der Waals surface area contributed by atoms with Crippen molar-refractivity contribution in [1.82, 2.24) is 14.7 Å². The lowest BCUT2D eigenvalue weighted by Crippen LogP contribution is -2.30. The molecule has 0 saturated carbocycles. The van der Waals surface area contributed by atoms with Crippen LogP contribution < -0.4 is 10.5 Å². The molecule has 25 heavy (non-hydrogen) atoms. The van der Waals surface area contributed by atoms with E-state index in [1.807, 2.05) is 6.92 Å². The quantitative estimate of drug-likeness (QED) is 0.702. The van der Waals surface area contributed by atoms with Gasteiger partial charge in [-0.15, -0.1) is 0 Å². The van der Waals surface area contributed by atoms with Gasteiger partial charge in [-0.25, -0.2) is 23.1 Å². The van der Waals surface area contributed by atoms with Crippen LogP contribution in [0.4, 0.5) is 5.82 Å². The molecule has 0 saturated heterocycles. The normalized spacial score (nSPS) is 12.4. The number of aliphatic hydroxyl groups is 1. The summed E-state index contributed by atoms with van der Waals surface area (Å²) in [5, 5.41) is 9.75. The summed E-state index contributed by atoms with van der Waals surface area (Å²) in [6.45, 7) is 5.20. The number of hydrogen-bond acceptors (Lipinski definition) is 6. The van der Waals surface area contributed by atoms with Crippen molar-refractivity contribution >= 4 is 27.4 Å². The molecule has 4 N–H and O–H groups in total. The Balaban J connectivity index is 2.33. The van der Waals surface area contributed by atoms with Crippen LogP contribution in [0.15, 0.2) is 29.3 Å². The van der Waals surface area contributed by atoms with Crippen molar-refractivity contribution in [2.75, 3.05) is 12.3 Å². The van der Waals surface area contributed by atoms with Crippen LogP contribution in [0.2, 0.25) is 5.15 Å². The lowest BCUT2D eigenvalue weighted by atomic mass is 10.1. The Morgan fingerprint density at radius 3 is 2.64 bits per heavy atom. The molecule has 7 nitrogen and oxygen atoms in total. The third kappa shape index (κ3) is 5.12. The smallest absolute Gasteiger partial charge is 0.240 e. The number of nitrogens with zero attached hydrogens (tertiary/aromatic N) is 2. The Morgan fingerprint density at radius 2 is 2.04 bits per heavy atom. The Morgan fingerprint density at radius 1 is 1.36 bits per heavy atom. The van der Waals surface area contributed by atoms with Crippen LogP contribution in [-0.2, 0) is 10.0 Å². The summed E-state index contributed by atoms with van der Waals surface area (Å²) in [5.74, 6) is 0.111. The zero-order valence-corrected chi connectivity index (χ0v) is 15.8. The molecule has 0 bridgehead atoms. The second-order valence-electron chi connectivity index (χ2n) is 6.37. The Labute approximate surface area is 152 Å². The summed E-state index contributed by atoms with van der Waals surface area (Å²) in [6, 6.07) is 4.71. The first-order chi connectivity index (χ1) is 11.5. The predicted molar refractivity (Wildman–Crippen MR) is 97.7 cm³/mol. The first kappa shape index (κ1) is 19.6. The maximum Gasteiger partial charge on any atom is 0.240 e. The SMILES string of the molecule is Cc1ccc(S(=O)(=O)NCCC(C)(C)O)cc1-c1cnc(N)c(Cl)n1. The molecule has 0 radical (unpaired) electrons. The van der Waals surface area contributed by atoms with Gasteiger partial charge in [0.15, 0.2) is 11.0 Å². The highest BCUT2D eigenvalue weighted by atomic mass is 35.5. The highest BCUT2D eigenvalue weighted by Crippen LogP contribution is 2.26. The van der Waals surface area contributed by atoms with Gasteiger partial charge in [0.05, 0.1) is 22.4 Å². The van der Waals surface area contributed by atoms with Crippen LogP contribution >= 0.6 is 11.6 Å². The number of anilines is 1. The zero-order valence-electron chi connectivity index (χ0n) is 14.2. The van der Waals surface area contributed by atoms with Gasteiger partial charge >= 0.3 is 0 Å². The van der Waals surface area contributed by atoms with E-state index < -0.39 is 15.6 Å². The van der Waals surface area contributed by atoms with Crippen molar-refractivity contribution in [3.05, 3.63) is 35.1 Å². The van der Waals surface area contributed by atoms with Gasteiger partial charge in [0.25, 0.3) is 0 Å². The van der Waals surface area contributed by atoms with Crippen molar-refractivity contribution in [2.45, 2.75) is 37.7 Å². The fraction of sp³-hybridized carbons (Fsp3) is 0.375. The average Bonchev–Trinajstić information content (AvgIpc) is 2.49. The van der Waals surface area contributed by atoms with E-state index in [9.17, 15) is 13.5 Å². The van der Waals surface area contributed by atoms with Gasteiger partial charge in [-0.1, -0.05) is 17.7 Å². The number of aromatic nitrogens is 2. The number of nitrogens with two attached hydrogens (primary N) is 1. The van der Waals surface area contributed by atoms with Gasteiger partial charge in [-0.05, 0) is 44.9 Å². The molecule has 0 amide bonds. The van der Waals surface area contributed by atoms with Crippen LogP contribution in [0.3, 0.4) is 0 Å². The molecule has 1 heterocycles. The highest BCUT2D eigenvalue weighted by molar-refractivity contribution is 7.89. The van der Waals surface area contributed by atoms with Crippen LogP contribution in [0.25, 0.3) is 11.3 Å². The van der Waals surface area contributed by atoms with Gasteiger partial charge in [-0.2, -0.15) is 0 Å². The molecular formula is C16H21ClN4O3S. The van der Waals surface area contributed by atoms with Crippen LogP contribution in [-0.4, -0.2) is 35.6 Å². The summed E-state index contributed by atoms with van der Waals surface area (Å²) in [4.78, 5) is 8.20. The fourth-order valence-corrected chi connectivity index (χ4v) is 3.32. The fourth-order valence-electron chi connectivity index (χ4n) is 2.12. The first-order valence-corrected chi connectivity index (χ1v) is 9.47. The number of benzene rings is 1. The third-order valence-electron chi connectivity index (χ3n) is 3.58. The van der Waals surface area contributed by atoms with Crippen molar-refractivity contribution in [1.29, 1.82) is 0 Å². The second kappa shape index (κ2) is 7.25. The number of halogens is 1. The van der Waals surface area contributed by atoms with E-state index >= 15 is 0 Å². The predicted octanol–water partition coefficient (Wildman–Crippen LogP) is 2.13. The summed E-state index contributed by atoms with van der Waals surface area (Å²) >= 11 is 5.90. The molecule has 0 aliphatic rings. The minimum atomic E-state index is -3.72. The molecule has 1 aromatic carbocycles. The van der Waals surface area contributed by atoms with Gasteiger partial charge in [-0.3, -0.25) is 0 Å². The van der Waals surface area contributed by atoms with Gasteiger partial charge < -0.3 is 10.8 Å². The minimum Gasteiger partial charge on any atom is -0.390 e. The molecule has 136 valence electrons. The molecule has 0 aliphatic carbocycles. The highest BCUT2D eigenvalue weighted by Gasteiger charge is 2.19. The molecule has 0 atom stereocenters. The number of hydrogen-bond donors (Lipinski definition) is 3. The van der Waals surface area contributed by atoms with Crippen molar-refractivity contribution < 1.29 is 13.5 Å². The molecule has 9 heteroatoms. The monoisotopic (exact) mass is 384 g/mol. The maximum atomic E-state index is 12.5. The summed E-state index contributed by atoms with van der Waals surface area (Å²) < 4.78 is 27.4. The van der Waals surface area contributed by atoms with Crippen molar-refractivity contribution in [3.8, 4) is 11.3 Å². The van der Waals surface area contributed by atoms with E-state index in [1.54, 1.807) is 19.9 Å². The van der Waals surface area contributed by atoms with E-state index in [2.05, 4.69) is 14.7 Å². The zero-order chi connectivity index (χ0) is 18.8. The topological polar surface area (TPSA) is 118 Å². The van der Waals surface area contributed by atoms with Crippen LogP contribution in [0.5, 0.6) is 0 Å². The minimum absolute atomic E-state index is 0.0634. The Bertz CT molecular complexity index is 879. The largest absolute Gasteiger partial charge is 0.390 e. The standard InChI is InChI=1S/C16H21ClN4O3S/c1-10-4-5-11(25(23,24)20-7-6-16(2,3)22)8-12(10)13-9-19-15(18)14(17)21-13/h4-5,8-9,20,22H,6-7H2,1-3H3,(H2,18,19). The molecule has 0 spiro atoms. The lowest BCUT2D eigenvalue weighted by Gasteiger charge is -2.17. The van der Waals surface area contributed by atoms with E-state index in [0.717, 1.165) is 5.56 Å². The molecule has 0 aliphatic heterocycles. The maximum absolute atomic E-state index is 12.5. The van der Waals surface area contributed by atoms with E-state index in [1.165, 1.54) is 18.3 Å². The van der Waals surface area contributed by atoms with Crippen molar-refractivity contribution in [3.63, 3.8) is 0 Å². The number of sulfonamides is 1. The van der Waals surface area contributed by atoms with Crippen LogP contribution in [0.1, 0.15) is 25.8 Å². The van der Waals surface area contributed by atoms with Gasteiger partial charge in [0, 0.05) is 12.1 Å². The average molecular weight is 385 g/mol. The molecule has 0 fully saturated rings. The first-order valence-electron chi connectivity index (χ1n) is 7.61. The molecule has 2 rings (SSSR count). The third-order valence-corrected chi connectivity index (χ3v) is 5.32. The summed E-state index contributed by atoms with van der Waals surface area (Å²) in [5.41, 5.74) is 6.47. The van der Waals surface area contributed by atoms with Gasteiger partial charge in [0.1, 0.15) is 0 Å². The summed E-state index contributed by atoms with van der Waals surface area (Å²) in [7, 11) is -3.72. The number of rotatable bonds is 6. The van der Waals surface area contributed by atoms with Crippen LogP contribution in [0, 0.1) is 6.92 Å². The lowest BCUT2D eigenvalue weighted by molar-refractivity contribution is 0.0728. The van der Waals surface area contributed by atoms with E-state index in [0.29, 0.717) is 17.7 Å². The number of aryl methyl sites for hydroxylation is 1. The number of nitrogen functional groups attached to an aromatic ring is 1. The Hall–Kier alpha value is -1.74. The molecular weight excluding hydrogens is 364 g/mol. The van der Waals surface area contributed by atoms with E-state index in [-0.39, 0.29) is 22.4 Å². The second-order valence-corrected chi connectivity index (χ2v) is 8.49. The van der Waals surface area contributed by atoms with Crippen molar-refractivity contribution in [2.24, 2.45) is 0 Å².